The summed E-state index contributed by atoms with van der Waals surface area (Å²) >= 11 is 0. The van der Waals surface area contributed by atoms with Gasteiger partial charge in [-0.3, -0.25) is 13.9 Å². The highest BCUT2D eigenvalue weighted by Crippen LogP contribution is 2.21. The van der Waals surface area contributed by atoms with Crippen LogP contribution in [0.15, 0.2) is 48.5 Å². The second kappa shape index (κ2) is 8.63. The number of nitrogens with zero attached hydrogens (tertiary/aromatic N) is 1. The number of nitrogens with one attached hydrogen (secondary N) is 1. The maximum Gasteiger partial charge on any atom is 0.327 e. The Morgan fingerprint density at radius 3 is 2.37 bits per heavy atom. The van der Waals surface area contributed by atoms with Crippen LogP contribution < -0.4 is 9.62 Å². The number of para-hydroxylation sites is 2. The fraction of sp³-hybridized carbons (Fsp3) is 0.222. The van der Waals surface area contributed by atoms with Crippen LogP contribution >= 0.6 is 0 Å². The lowest BCUT2D eigenvalue weighted by Crippen LogP contribution is -2.37. The van der Waals surface area contributed by atoms with E-state index in [0.29, 0.717) is 11.3 Å². The van der Waals surface area contributed by atoms with E-state index >= 15 is 0 Å². The van der Waals surface area contributed by atoms with E-state index in [2.05, 4.69) is 5.32 Å². The monoisotopic (exact) mass is 394 g/mol. The number of hydrogen-bond acceptors (Lipinski definition) is 5. The highest BCUT2D eigenvalue weighted by Gasteiger charge is 2.23. The summed E-state index contributed by atoms with van der Waals surface area (Å²) in [6.07, 6.45) is 0.970. The summed E-state index contributed by atoms with van der Waals surface area (Å²) < 4.78 is 43.3. The lowest BCUT2D eigenvalue weighted by atomic mass is 10.2. The first-order valence-corrected chi connectivity index (χ1v) is 9.76. The third-order valence-corrected chi connectivity index (χ3v) is 4.70. The molecule has 0 heterocycles. The number of benzene rings is 2. The first-order chi connectivity index (χ1) is 12.7. The molecular formula is C18H19FN2O5S. The topological polar surface area (TPSA) is 92.8 Å². The van der Waals surface area contributed by atoms with Crippen molar-refractivity contribution in [3.63, 3.8) is 0 Å². The zero-order chi connectivity index (χ0) is 20.0. The minimum absolute atomic E-state index is 0.0452. The van der Waals surface area contributed by atoms with Crippen molar-refractivity contribution in [3.05, 3.63) is 59.9 Å². The highest BCUT2D eigenvalue weighted by molar-refractivity contribution is 7.92. The Hall–Kier alpha value is -2.94. The molecule has 7 nitrogen and oxygen atoms in total. The number of ether oxygens (including phenoxy) is 1. The van der Waals surface area contributed by atoms with Crippen LogP contribution in [0.2, 0.25) is 0 Å². The first-order valence-electron chi connectivity index (χ1n) is 7.92. The molecular weight excluding hydrogens is 375 g/mol. The largest absolute Gasteiger partial charge is 0.454 e. The molecule has 0 aliphatic rings. The normalized spacial score (nSPS) is 10.9. The second-order valence-corrected chi connectivity index (χ2v) is 7.65. The van der Waals surface area contributed by atoms with Crippen molar-refractivity contribution in [3.8, 4) is 0 Å². The van der Waals surface area contributed by atoms with Gasteiger partial charge in [0.15, 0.2) is 6.61 Å². The van der Waals surface area contributed by atoms with Gasteiger partial charge in [0, 0.05) is 0 Å². The van der Waals surface area contributed by atoms with Crippen molar-refractivity contribution < 1.29 is 27.1 Å². The maximum absolute atomic E-state index is 13.5. The highest BCUT2D eigenvalue weighted by atomic mass is 32.2. The van der Waals surface area contributed by atoms with E-state index in [9.17, 15) is 22.4 Å². The van der Waals surface area contributed by atoms with Crippen molar-refractivity contribution in [1.82, 2.24) is 0 Å². The molecule has 0 atom stereocenters. The van der Waals surface area contributed by atoms with Gasteiger partial charge in [0.1, 0.15) is 12.4 Å². The van der Waals surface area contributed by atoms with Gasteiger partial charge in [-0.25, -0.2) is 12.8 Å². The van der Waals surface area contributed by atoms with Gasteiger partial charge >= 0.3 is 5.97 Å². The molecule has 1 N–H and O–H groups in total. The van der Waals surface area contributed by atoms with Gasteiger partial charge in [-0.15, -0.1) is 0 Å². The van der Waals surface area contributed by atoms with Crippen molar-refractivity contribution >= 4 is 33.3 Å². The van der Waals surface area contributed by atoms with E-state index < -0.39 is 40.9 Å². The third-order valence-electron chi connectivity index (χ3n) is 3.57. The van der Waals surface area contributed by atoms with Crippen molar-refractivity contribution in [2.75, 3.05) is 29.0 Å². The van der Waals surface area contributed by atoms with Gasteiger partial charge in [0.05, 0.1) is 17.6 Å². The molecule has 1 amide bonds. The molecule has 2 aromatic carbocycles. The molecule has 27 heavy (non-hydrogen) atoms. The fourth-order valence-corrected chi connectivity index (χ4v) is 3.18. The van der Waals surface area contributed by atoms with E-state index in [1.165, 1.54) is 24.3 Å². The number of carbonyl (C=O) groups is 2. The Labute approximate surface area is 156 Å². The summed E-state index contributed by atoms with van der Waals surface area (Å²) in [6.45, 7) is 0.454. The van der Waals surface area contributed by atoms with Gasteiger partial charge in [-0.05, 0) is 30.7 Å². The third kappa shape index (κ3) is 5.78. The van der Waals surface area contributed by atoms with Gasteiger partial charge in [0.25, 0.3) is 5.91 Å². The van der Waals surface area contributed by atoms with Crippen LogP contribution in [-0.4, -0.2) is 39.7 Å². The molecule has 0 bridgehead atoms. The average Bonchev–Trinajstić information content (AvgIpc) is 2.60. The number of halogens is 1. The molecule has 0 unspecified atom stereocenters. The van der Waals surface area contributed by atoms with Crippen molar-refractivity contribution in [2.24, 2.45) is 0 Å². The summed E-state index contributed by atoms with van der Waals surface area (Å²) in [5.74, 6) is -2.28. The van der Waals surface area contributed by atoms with Gasteiger partial charge in [0.2, 0.25) is 10.0 Å². The molecule has 2 aromatic rings. The number of amides is 1. The summed E-state index contributed by atoms with van der Waals surface area (Å²) in [5.41, 5.74) is 0.956. The maximum atomic E-state index is 13.5. The number of carbonyl (C=O) groups excluding carboxylic acids is 2. The number of esters is 1. The Morgan fingerprint density at radius 2 is 1.74 bits per heavy atom. The molecule has 0 aliphatic carbocycles. The Balaban J connectivity index is 1.99. The standard InChI is InChI=1S/C18H19FN2O5S/c1-13-7-3-6-10-16(13)21(27(2,24)25)11-18(23)26-12-17(22)20-15-9-5-4-8-14(15)19/h3-10H,11-12H2,1-2H3,(H,20,22). The smallest absolute Gasteiger partial charge is 0.327 e. The van der Waals surface area contributed by atoms with Crippen LogP contribution in [-0.2, 0) is 24.3 Å². The molecule has 0 spiro atoms. The summed E-state index contributed by atoms with van der Waals surface area (Å²) in [7, 11) is -3.75. The lowest BCUT2D eigenvalue weighted by Gasteiger charge is -2.23. The summed E-state index contributed by atoms with van der Waals surface area (Å²) in [5, 5.41) is 2.27. The van der Waals surface area contributed by atoms with E-state index in [1.807, 2.05) is 0 Å². The fourth-order valence-electron chi connectivity index (χ4n) is 2.28. The predicted molar refractivity (Wildman–Crippen MR) is 99.4 cm³/mol. The zero-order valence-electron chi connectivity index (χ0n) is 14.8. The molecule has 2 rings (SSSR count). The van der Waals surface area contributed by atoms with Crippen LogP contribution in [0.5, 0.6) is 0 Å². The molecule has 0 saturated heterocycles. The molecule has 0 saturated carbocycles. The molecule has 144 valence electrons. The van der Waals surface area contributed by atoms with Crippen LogP contribution in [0.25, 0.3) is 0 Å². The van der Waals surface area contributed by atoms with Crippen LogP contribution in [0.1, 0.15) is 5.56 Å². The second-order valence-electron chi connectivity index (χ2n) is 5.74. The van der Waals surface area contributed by atoms with Crippen LogP contribution in [0, 0.1) is 12.7 Å². The van der Waals surface area contributed by atoms with Gasteiger partial charge in [-0.2, -0.15) is 0 Å². The quantitative estimate of drug-likeness (QED) is 0.726. The first kappa shape index (κ1) is 20.4. The number of sulfonamides is 1. The number of aryl methyl sites for hydroxylation is 1. The van der Waals surface area contributed by atoms with Gasteiger partial charge < -0.3 is 10.1 Å². The van der Waals surface area contributed by atoms with E-state index in [4.69, 9.17) is 4.74 Å². The summed E-state index contributed by atoms with van der Waals surface area (Å²) in [6, 6.07) is 12.2. The minimum atomic E-state index is -3.75. The van der Waals surface area contributed by atoms with E-state index in [-0.39, 0.29) is 5.69 Å². The van der Waals surface area contributed by atoms with Crippen molar-refractivity contribution in [2.45, 2.75) is 6.92 Å². The lowest BCUT2D eigenvalue weighted by molar-refractivity contribution is -0.145. The van der Waals surface area contributed by atoms with E-state index in [0.717, 1.165) is 10.6 Å². The van der Waals surface area contributed by atoms with Crippen LogP contribution in [0.4, 0.5) is 15.8 Å². The predicted octanol–water partition coefficient (Wildman–Crippen LogP) is 2.08. The molecule has 0 aromatic heterocycles. The van der Waals surface area contributed by atoms with Crippen molar-refractivity contribution in [1.29, 1.82) is 0 Å². The van der Waals surface area contributed by atoms with E-state index in [1.54, 1.807) is 31.2 Å². The Kier molecular flexibility index (Phi) is 6.51. The zero-order valence-corrected chi connectivity index (χ0v) is 15.6. The Morgan fingerprint density at radius 1 is 1.11 bits per heavy atom. The molecule has 0 fully saturated rings. The average molecular weight is 394 g/mol. The number of anilines is 2. The number of hydrogen-bond donors (Lipinski definition) is 1. The number of rotatable bonds is 7. The minimum Gasteiger partial charge on any atom is -0.454 e. The molecule has 9 heteroatoms. The van der Waals surface area contributed by atoms with Gasteiger partial charge in [-0.1, -0.05) is 30.3 Å². The molecule has 0 aliphatic heterocycles. The summed E-state index contributed by atoms with van der Waals surface area (Å²) in [4.78, 5) is 23.8. The molecule has 0 radical (unpaired) electrons. The SMILES string of the molecule is Cc1ccccc1N(CC(=O)OCC(=O)Nc1ccccc1F)S(C)(=O)=O. The van der Waals surface area contributed by atoms with Crippen LogP contribution in [0.3, 0.4) is 0 Å². The Bertz CT molecular complexity index is 946.